The highest BCUT2D eigenvalue weighted by Gasteiger charge is 2.15. The molecule has 1 rings (SSSR count). The predicted octanol–water partition coefficient (Wildman–Crippen LogP) is 1.04. The van der Waals surface area contributed by atoms with Gasteiger partial charge in [0.1, 0.15) is 5.60 Å². The molecule has 0 amide bonds. The molecule has 0 bridgehead atoms. The van der Waals surface area contributed by atoms with E-state index in [0.717, 1.165) is 32.7 Å². The van der Waals surface area contributed by atoms with E-state index in [4.69, 9.17) is 4.74 Å². The Morgan fingerprint density at radius 1 is 1.50 bits per heavy atom. The summed E-state index contributed by atoms with van der Waals surface area (Å²) in [6, 6.07) is 0. The van der Waals surface area contributed by atoms with E-state index in [1.807, 2.05) is 0 Å². The molecule has 0 radical (unpaired) electrons. The van der Waals surface area contributed by atoms with Gasteiger partial charge in [-0.25, -0.2) is 0 Å². The minimum Gasteiger partial charge on any atom is -0.379 e. The van der Waals surface area contributed by atoms with Crippen molar-refractivity contribution in [3.8, 4) is 11.8 Å². The van der Waals surface area contributed by atoms with Gasteiger partial charge in [-0.1, -0.05) is 17.9 Å². The number of morpholine rings is 1. The van der Waals surface area contributed by atoms with Gasteiger partial charge in [0, 0.05) is 13.1 Å². The van der Waals surface area contributed by atoms with Crippen molar-refractivity contribution in [2.75, 3.05) is 32.8 Å². The molecule has 0 aromatic carbocycles. The minimum absolute atomic E-state index is 0.645. The van der Waals surface area contributed by atoms with Gasteiger partial charge in [0.2, 0.25) is 0 Å². The van der Waals surface area contributed by atoms with Gasteiger partial charge < -0.3 is 9.84 Å². The maximum Gasteiger partial charge on any atom is 0.123 e. The Morgan fingerprint density at radius 3 is 2.81 bits per heavy atom. The molecular weight excluding hydrogens is 202 g/mol. The summed E-state index contributed by atoms with van der Waals surface area (Å²) in [7, 11) is 0. The van der Waals surface area contributed by atoms with Gasteiger partial charge in [-0.2, -0.15) is 0 Å². The van der Waals surface area contributed by atoms with E-state index in [0.29, 0.717) is 13.0 Å². The van der Waals surface area contributed by atoms with Crippen LogP contribution >= 0.6 is 0 Å². The van der Waals surface area contributed by atoms with Crippen molar-refractivity contribution in [3.63, 3.8) is 0 Å². The summed E-state index contributed by atoms with van der Waals surface area (Å²) >= 11 is 0. The zero-order valence-corrected chi connectivity index (χ0v) is 10.0. The molecule has 0 saturated carbocycles. The SMILES string of the molecule is C=CCC[C@@](C)(O)C#CCN1CCOCC1. The fourth-order valence-electron chi connectivity index (χ4n) is 1.55. The molecule has 3 nitrogen and oxygen atoms in total. The molecule has 16 heavy (non-hydrogen) atoms. The van der Waals surface area contributed by atoms with Crippen molar-refractivity contribution in [1.82, 2.24) is 4.90 Å². The predicted molar refractivity (Wildman–Crippen MR) is 65.1 cm³/mol. The van der Waals surface area contributed by atoms with Crippen LogP contribution in [0.3, 0.4) is 0 Å². The highest BCUT2D eigenvalue weighted by Crippen LogP contribution is 2.10. The van der Waals surface area contributed by atoms with Crippen LogP contribution in [0.5, 0.6) is 0 Å². The maximum atomic E-state index is 9.91. The molecule has 90 valence electrons. The lowest BCUT2D eigenvalue weighted by Crippen LogP contribution is -2.36. The summed E-state index contributed by atoms with van der Waals surface area (Å²) < 4.78 is 5.25. The van der Waals surface area contributed by atoms with E-state index in [1.165, 1.54) is 0 Å². The van der Waals surface area contributed by atoms with Crippen molar-refractivity contribution >= 4 is 0 Å². The van der Waals surface area contributed by atoms with Gasteiger partial charge in [0.15, 0.2) is 0 Å². The largest absolute Gasteiger partial charge is 0.379 e. The summed E-state index contributed by atoms with van der Waals surface area (Å²) in [6.45, 7) is 9.55. The number of hydrogen-bond acceptors (Lipinski definition) is 3. The standard InChI is InChI=1S/C13H21NO2/c1-3-4-6-13(2,15)7-5-8-14-9-11-16-12-10-14/h3,15H,1,4,6,8-12H2,2H3/t13-/m1/s1. The zero-order valence-electron chi connectivity index (χ0n) is 10.0. The average Bonchev–Trinajstić information content (AvgIpc) is 2.28. The summed E-state index contributed by atoms with van der Waals surface area (Å²) in [5.41, 5.74) is -0.888. The molecule has 1 N–H and O–H groups in total. The van der Waals surface area contributed by atoms with Crippen LogP contribution in [0, 0.1) is 11.8 Å². The van der Waals surface area contributed by atoms with Crippen LogP contribution in [-0.2, 0) is 4.74 Å². The molecule has 0 aromatic rings. The fraction of sp³-hybridized carbons (Fsp3) is 0.692. The lowest BCUT2D eigenvalue weighted by molar-refractivity contribution is 0.0442. The molecule has 0 aromatic heterocycles. The minimum atomic E-state index is -0.888. The Bertz CT molecular complexity index is 269. The number of allylic oxidation sites excluding steroid dienone is 1. The Balaban J connectivity index is 2.31. The van der Waals surface area contributed by atoms with Gasteiger partial charge >= 0.3 is 0 Å². The molecule has 0 spiro atoms. The molecule has 1 fully saturated rings. The van der Waals surface area contributed by atoms with Crippen LogP contribution in [0.4, 0.5) is 0 Å². The van der Waals surface area contributed by atoms with E-state index in [9.17, 15) is 5.11 Å². The quantitative estimate of drug-likeness (QED) is 0.571. The molecule has 1 saturated heterocycles. The topological polar surface area (TPSA) is 32.7 Å². The fourth-order valence-corrected chi connectivity index (χ4v) is 1.55. The van der Waals surface area contributed by atoms with E-state index in [1.54, 1.807) is 13.0 Å². The van der Waals surface area contributed by atoms with Crippen LogP contribution in [0.25, 0.3) is 0 Å². The summed E-state index contributed by atoms with van der Waals surface area (Å²) in [4.78, 5) is 2.24. The first kappa shape index (κ1) is 13.2. The van der Waals surface area contributed by atoms with Crippen molar-refractivity contribution < 1.29 is 9.84 Å². The number of hydrogen-bond donors (Lipinski definition) is 1. The number of ether oxygens (including phenoxy) is 1. The zero-order chi connectivity index (χ0) is 11.9. The lowest BCUT2D eigenvalue weighted by Gasteiger charge is -2.24. The third kappa shape index (κ3) is 5.32. The van der Waals surface area contributed by atoms with Gasteiger partial charge in [-0.05, 0) is 19.8 Å². The molecule has 0 unspecified atom stereocenters. The molecule has 1 atom stereocenters. The normalized spacial score (nSPS) is 20.6. The van der Waals surface area contributed by atoms with Crippen molar-refractivity contribution in [2.24, 2.45) is 0 Å². The third-order valence-electron chi connectivity index (χ3n) is 2.60. The van der Waals surface area contributed by atoms with Crippen molar-refractivity contribution in [3.05, 3.63) is 12.7 Å². The monoisotopic (exact) mass is 223 g/mol. The molecule has 1 aliphatic heterocycles. The second kappa shape index (κ2) is 6.70. The maximum absolute atomic E-state index is 9.91. The van der Waals surface area contributed by atoms with Gasteiger partial charge in [-0.3, -0.25) is 4.90 Å². The molecule has 1 heterocycles. The van der Waals surface area contributed by atoms with Gasteiger partial charge in [0.05, 0.1) is 19.8 Å². The molecule has 0 aliphatic carbocycles. The van der Waals surface area contributed by atoms with Crippen LogP contribution in [0.2, 0.25) is 0 Å². The van der Waals surface area contributed by atoms with E-state index >= 15 is 0 Å². The average molecular weight is 223 g/mol. The summed E-state index contributed by atoms with van der Waals surface area (Å²) in [6.07, 6.45) is 3.24. The Kier molecular flexibility index (Phi) is 5.54. The smallest absolute Gasteiger partial charge is 0.123 e. The number of nitrogens with zero attached hydrogens (tertiary/aromatic N) is 1. The first-order chi connectivity index (χ1) is 7.64. The van der Waals surface area contributed by atoms with Crippen molar-refractivity contribution in [2.45, 2.75) is 25.4 Å². The Morgan fingerprint density at radius 2 is 2.19 bits per heavy atom. The Hall–Kier alpha value is -0.820. The summed E-state index contributed by atoms with van der Waals surface area (Å²) in [5, 5.41) is 9.91. The molecule has 3 heteroatoms. The molecular formula is C13H21NO2. The number of aliphatic hydroxyl groups is 1. The summed E-state index contributed by atoms with van der Waals surface area (Å²) in [5.74, 6) is 5.96. The second-order valence-electron chi connectivity index (χ2n) is 4.29. The first-order valence-corrected chi connectivity index (χ1v) is 5.77. The van der Waals surface area contributed by atoms with Crippen LogP contribution < -0.4 is 0 Å². The highest BCUT2D eigenvalue weighted by atomic mass is 16.5. The first-order valence-electron chi connectivity index (χ1n) is 5.77. The molecule has 1 aliphatic rings. The second-order valence-corrected chi connectivity index (χ2v) is 4.29. The van der Waals surface area contributed by atoms with E-state index in [-0.39, 0.29) is 0 Å². The lowest BCUT2D eigenvalue weighted by atomic mass is 10.0. The van der Waals surface area contributed by atoms with E-state index in [2.05, 4.69) is 23.3 Å². The van der Waals surface area contributed by atoms with Crippen LogP contribution in [0.1, 0.15) is 19.8 Å². The highest BCUT2D eigenvalue weighted by molar-refractivity contribution is 5.13. The van der Waals surface area contributed by atoms with Gasteiger partial charge in [0.25, 0.3) is 0 Å². The number of rotatable bonds is 4. The van der Waals surface area contributed by atoms with Crippen LogP contribution in [-0.4, -0.2) is 48.5 Å². The Labute approximate surface area is 98.1 Å². The third-order valence-corrected chi connectivity index (χ3v) is 2.60. The van der Waals surface area contributed by atoms with E-state index < -0.39 is 5.60 Å². The van der Waals surface area contributed by atoms with Crippen LogP contribution in [0.15, 0.2) is 12.7 Å². The van der Waals surface area contributed by atoms with Gasteiger partial charge in [-0.15, -0.1) is 6.58 Å². The van der Waals surface area contributed by atoms with Crippen molar-refractivity contribution in [1.29, 1.82) is 0 Å².